The summed E-state index contributed by atoms with van der Waals surface area (Å²) in [4.78, 5) is 12.6. The third-order valence-corrected chi connectivity index (χ3v) is 5.38. The van der Waals surface area contributed by atoms with Gasteiger partial charge in [0.2, 0.25) is 5.91 Å². The number of hydrogen-bond donors (Lipinski definition) is 1. The van der Waals surface area contributed by atoms with Gasteiger partial charge in [0, 0.05) is 12.4 Å². The van der Waals surface area contributed by atoms with Gasteiger partial charge in [-0.15, -0.1) is 0 Å². The zero-order valence-electron chi connectivity index (χ0n) is 14.2. The van der Waals surface area contributed by atoms with Crippen LogP contribution < -0.4 is 5.32 Å². The zero-order chi connectivity index (χ0) is 19.6. The summed E-state index contributed by atoms with van der Waals surface area (Å²) >= 11 is 21.3. The number of rotatable bonds is 6. The largest absolute Gasteiger partial charge is 0.306 e. The van der Waals surface area contributed by atoms with Gasteiger partial charge in [0.1, 0.15) is 6.04 Å². The lowest BCUT2D eigenvalue weighted by atomic mass is 10.2. The van der Waals surface area contributed by atoms with Crippen LogP contribution in [0.2, 0.25) is 15.1 Å². The van der Waals surface area contributed by atoms with E-state index >= 15 is 0 Å². The van der Waals surface area contributed by atoms with E-state index in [4.69, 9.17) is 34.8 Å². The first-order valence-corrected chi connectivity index (χ1v) is 9.97. The molecule has 142 valence electrons. The first kappa shape index (κ1) is 20.2. The topological polar surface area (TPSA) is 64.7 Å². The second-order valence-electron chi connectivity index (χ2n) is 5.82. The molecule has 0 fully saturated rings. The first-order chi connectivity index (χ1) is 12.9. The number of benzene rings is 1. The molecule has 0 aliphatic rings. The fourth-order valence-corrected chi connectivity index (χ4v) is 3.44. The van der Waals surface area contributed by atoms with E-state index in [1.54, 1.807) is 29.2 Å². The number of hydrogen-bond acceptors (Lipinski definition) is 3. The van der Waals surface area contributed by atoms with Crippen molar-refractivity contribution in [3.63, 3.8) is 0 Å². The van der Waals surface area contributed by atoms with Crippen LogP contribution in [0.1, 0.15) is 24.9 Å². The van der Waals surface area contributed by atoms with Crippen LogP contribution in [0, 0.1) is 0 Å². The van der Waals surface area contributed by atoms with Gasteiger partial charge in [-0.05, 0) is 40.0 Å². The highest BCUT2D eigenvalue weighted by Crippen LogP contribution is 2.25. The standard InChI is InChI=1S/C17H15BrCl3N5O/c1-2-15(26-8-11(19)6-22-26)17(27)23-16-12(18)9-25(24-16)7-10-3-4-13(20)14(21)5-10/h3-6,8-9,15H,2,7H2,1H3,(H,23,24,27). The van der Waals surface area contributed by atoms with Gasteiger partial charge in [-0.1, -0.05) is 47.8 Å². The lowest BCUT2D eigenvalue weighted by Crippen LogP contribution is -2.26. The first-order valence-electron chi connectivity index (χ1n) is 8.04. The molecule has 3 rings (SSSR count). The molecule has 0 spiro atoms. The number of carbonyl (C=O) groups is 1. The van der Waals surface area contributed by atoms with Crippen molar-refractivity contribution in [2.45, 2.75) is 25.9 Å². The van der Waals surface area contributed by atoms with E-state index in [2.05, 4.69) is 31.4 Å². The second-order valence-corrected chi connectivity index (χ2v) is 7.93. The molecule has 1 amide bonds. The van der Waals surface area contributed by atoms with Gasteiger partial charge in [0.05, 0.1) is 32.3 Å². The van der Waals surface area contributed by atoms with Gasteiger partial charge in [-0.25, -0.2) is 0 Å². The Bertz CT molecular complexity index is 971. The summed E-state index contributed by atoms with van der Waals surface area (Å²) in [6.07, 6.45) is 5.46. The maximum absolute atomic E-state index is 12.6. The van der Waals surface area contributed by atoms with Crippen molar-refractivity contribution in [2.75, 3.05) is 5.32 Å². The maximum Gasteiger partial charge on any atom is 0.250 e. The van der Waals surface area contributed by atoms with Crippen molar-refractivity contribution < 1.29 is 4.79 Å². The van der Waals surface area contributed by atoms with Crippen LogP contribution in [0.25, 0.3) is 0 Å². The van der Waals surface area contributed by atoms with Gasteiger partial charge in [0.15, 0.2) is 5.82 Å². The van der Waals surface area contributed by atoms with Gasteiger partial charge in [-0.2, -0.15) is 10.2 Å². The summed E-state index contributed by atoms with van der Waals surface area (Å²) in [5.41, 5.74) is 0.940. The molecule has 27 heavy (non-hydrogen) atoms. The van der Waals surface area contributed by atoms with Crippen molar-refractivity contribution in [3.8, 4) is 0 Å². The lowest BCUT2D eigenvalue weighted by molar-refractivity contribution is -0.119. The predicted octanol–water partition coefficient (Wildman–Crippen LogP) is 5.44. The number of halogens is 4. The molecule has 2 heterocycles. The summed E-state index contributed by atoms with van der Waals surface area (Å²) in [6, 6.07) is 4.91. The summed E-state index contributed by atoms with van der Waals surface area (Å²) in [5.74, 6) is 0.203. The summed E-state index contributed by atoms with van der Waals surface area (Å²) in [5, 5.41) is 12.8. The summed E-state index contributed by atoms with van der Waals surface area (Å²) < 4.78 is 3.91. The number of aromatic nitrogens is 4. The number of amides is 1. The zero-order valence-corrected chi connectivity index (χ0v) is 18.0. The normalized spacial score (nSPS) is 12.2. The molecule has 1 N–H and O–H groups in total. The molecule has 0 aliphatic heterocycles. The molecule has 0 saturated carbocycles. The van der Waals surface area contributed by atoms with Gasteiger partial charge >= 0.3 is 0 Å². The highest BCUT2D eigenvalue weighted by molar-refractivity contribution is 9.10. The smallest absolute Gasteiger partial charge is 0.250 e. The predicted molar refractivity (Wildman–Crippen MR) is 111 cm³/mol. The minimum absolute atomic E-state index is 0.224. The van der Waals surface area contributed by atoms with Crippen molar-refractivity contribution in [1.82, 2.24) is 19.6 Å². The molecule has 0 aliphatic carbocycles. The molecule has 1 aromatic carbocycles. The Morgan fingerprint density at radius 3 is 2.67 bits per heavy atom. The van der Waals surface area contributed by atoms with Crippen molar-refractivity contribution in [1.29, 1.82) is 0 Å². The van der Waals surface area contributed by atoms with E-state index in [0.717, 1.165) is 5.56 Å². The summed E-state index contributed by atoms with van der Waals surface area (Å²) in [6.45, 7) is 2.38. The molecule has 0 bridgehead atoms. The number of nitrogens with zero attached hydrogens (tertiary/aromatic N) is 4. The highest BCUT2D eigenvalue weighted by atomic mass is 79.9. The van der Waals surface area contributed by atoms with Gasteiger partial charge in [0.25, 0.3) is 0 Å². The van der Waals surface area contributed by atoms with Gasteiger partial charge in [-0.3, -0.25) is 14.2 Å². The van der Waals surface area contributed by atoms with Crippen LogP contribution >= 0.6 is 50.7 Å². The van der Waals surface area contributed by atoms with E-state index in [1.165, 1.54) is 10.9 Å². The molecule has 10 heteroatoms. The van der Waals surface area contributed by atoms with Crippen LogP contribution in [0.5, 0.6) is 0 Å². The fourth-order valence-electron chi connectivity index (χ4n) is 2.57. The van der Waals surface area contributed by atoms with Crippen LogP contribution in [-0.2, 0) is 11.3 Å². The van der Waals surface area contributed by atoms with Crippen molar-refractivity contribution in [2.24, 2.45) is 0 Å². The molecule has 0 saturated heterocycles. The van der Waals surface area contributed by atoms with Crippen molar-refractivity contribution in [3.05, 3.63) is 61.9 Å². The maximum atomic E-state index is 12.6. The van der Waals surface area contributed by atoms with E-state index in [9.17, 15) is 4.79 Å². The molecule has 1 unspecified atom stereocenters. The lowest BCUT2D eigenvalue weighted by Gasteiger charge is -2.14. The number of nitrogens with one attached hydrogen (secondary N) is 1. The third-order valence-electron chi connectivity index (χ3n) is 3.87. The fraction of sp³-hybridized carbons (Fsp3) is 0.235. The average molecular weight is 492 g/mol. The Labute approximate surface area is 179 Å². The molecule has 1 atom stereocenters. The molecular weight excluding hydrogens is 476 g/mol. The molecule has 6 nitrogen and oxygen atoms in total. The Kier molecular flexibility index (Phi) is 6.47. The van der Waals surface area contributed by atoms with E-state index in [0.29, 0.717) is 38.3 Å². The van der Waals surface area contributed by atoms with Crippen LogP contribution in [0.3, 0.4) is 0 Å². The second kappa shape index (κ2) is 8.65. The van der Waals surface area contributed by atoms with Crippen molar-refractivity contribution >= 4 is 62.5 Å². The number of carbonyl (C=O) groups excluding carboxylic acids is 1. The molecular formula is C17H15BrCl3N5O. The minimum atomic E-state index is -0.482. The van der Waals surface area contributed by atoms with E-state index in [1.807, 2.05) is 13.0 Å². The number of anilines is 1. The monoisotopic (exact) mass is 489 g/mol. The average Bonchev–Trinajstić information content (AvgIpc) is 3.18. The molecule has 2 aromatic heterocycles. The third kappa shape index (κ3) is 4.85. The highest BCUT2D eigenvalue weighted by Gasteiger charge is 2.21. The molecule has 0 radical (unpaired) electrons. The Balaban J connectivity index is 1.73. The van der Waals surface area contributed by atoms with Gasteiger partial charge < -0.3 is 5.32 Å². The SMILES string of the molecule is CCC(C(=O)Nc1nn(Cc2ccc(Cl)c(Cl)c2)cc1Br)n1cc(Cl)cn1. The quantitative estimate of drug-likeness (QED) is 0.499. The minimum Gasteiger partial charge on any atom is -0.306 e. The van der Waals surface area contributed by atoms with Crippen LogP contribution in [0.15, 0.2) is 41.3 Å². The summed E-state index contributed by atoms with van der Waals surface area (Å²) in [7, 11) is 0. The van der Waals surface area contributed by atoms with E-state index < -0.39 is 6.04 Å². The Morgan fingerprint density at radius 1 is 1.26 bits per heavy atom. The van der Waals surface area contributed by atoms with E-state index in [-0.39, 0.29) is 5.91 Å². The molecule has 3 aromatic rings. The Hall–Kier alpha value is -1.54. The van der Waals surface area contributed by atoms with Crippen LogP contribution in [0.4, 0.5) is 5.82 Å². The van der Waals surface area contributed by atoms with Crippen LogP contribution in [-0.4, -0.2) is 25.5 Å². The Morgan fingerprint density at radius 2 is 2.04 bits per heavy atom.